The first-order valence-corrected chi connectivity index (χ1v) is 13.7. The third-order valence-corrected chi connectivity index (χ3v) is 6.42. The molecule has 2 aliphatic heterocycles. The van der Waals surface area contributed by atoms with Crippen LogP contribution in [-0.2, 0) is 62.7 Å². The van der Waals surface area contributed by atoms with Crippen molar-refractivity contribution >= 4 is 31.2 Å². The molecule has 0 aliphatic carbocycles. The fraction of sp³-hybridized carbons (Fsp3) is 1.00. The van der Waals surface area contributed by atoms with Crippen LogP contribution in [0.4, 0.5) is 0 Å². The van der Waals surface area contributed by atoms with Crippen LogP contribution in [0.5, 0.6) is 0 Å². The molecule has 0 radical (unpaired) electrons. The van der Waals surface area contributed by atoms with Crippen molar-refractivity contribution in [2.24, 2.45) is 0 Å². The molecule has 2 aliphatic rings. The summed E-state index contributed by atoms with van der Waals surface area (Å²) in [6.07, 6.45) is -18.4. The van der Waals surface area contributed by atoms with E-state index in [1.807, 2.05) is 0 Å². The van der Waals surface area contributed by atoms with E-state index in [-0.39, 0.29) is 0 Å². The summed E-state index contributed by atoms with van der Waals surface area (Å²) < 4.78 is 132. The van der Waals surface area contributed by atoms with Crippen LogP contribution in [-0.4, -0.2) is 136 Å². The van der Waals surface area contributed by atoms with Crippen molar-refractivity contribution in [2.45, 2.75) is 68.1 Å². The molecule has 19 nitrogen and oxygen atoms in total. The molecule has 0 aromatic carbocycles. The average molecular weight is 592 g/mol. The number of methoxy groups -OCH3 is 1. The number of aliphatic hydroxyl groups excluding tert-OH is 3. The second kappa shape index (κ2) is 12.0. The van der Waals surface area contributed by atoms with Gasteiger partial charge in [0.15, 0.2) is 6.29 Å². The van der Waals surface area contributed by atoms with Crippen LogP contribution in [0.25, 0.3) is 0 Å². The number of hydrogen-bond donors (Lipinski definition) is 3. The van der Waals surface area contributed by atoms with Crippen molar-refractivity contribution in [1.29, 1.82) is 0 Å². The quantitative estimate of drug-likeness (QED) is 0.149. The molecule has 2 heterocycles. The molecule has 4 unspecified atom stereocenters. The molecule has 2 saturated heterocycles. The third-order valence-electron chi connectivity index (χ3n) is 5.08. The highest BCUT2D eigenvalue weighted by Gasteiger charge is 2.52. The molecule has 36 heavy (non-hydrogen) atoms. The number of hydrogen-bond acceptors (Lipinski definition) is 19. The zero-order chi connectivity index (χ0) is 27.6. The highest BCUT2D eigenvalue weighted by atomic mass is 32.3. The van der Waals surface area contributed by atoms with Gasteiger partial charge in [-0.3, -0.25) is 12.5 Å². The monoisotopic (exact) mass is 591 g/mol. The summed E-state index contributed by atoms with van der Waals surface area (Å²) in [4.78, 5) is 0. The summed E-state index contributed by atoms with van der Waals surface area (Å²) in [5, 5.41) is 30.8. The predicted octanol–water partition coefficient (Wildman–Crippen LogP) is -5.22. The minimum Gasteiger partial charge on any atom is -0.726 e. The Labute approximate surface area is 205 Å². The fourth-order valence-corrected chi connectivity index (χ4v) is 5.02. The van der Waals surface area contributed by atoms with Crippen molar-refractivity contribution in [3.05, 3.63) is 0 Å². The van der Waals surface area contributed by atoms with E-state index in [9.17, 15) is 54.2 Å². The van der Waals surface area contributed by atoms with E-state index in [4.69, 9.17) is 18.9 Å². The van der Waals surface area contributed by atoms with Gasteiger partial charge in [0.2, 0.25) is 31.2 Å². The molecule has 2 rings (SSSR count). The lowest BCUT2D eigenvalue weighted by molar-refractivity contribution is -0.339. The normalized spacial score (nSPS) is 38.7. The van der Waals surface area contributed by atoms with Crippen LogP contribution in [0.2, 0.25) is 0 Å². The van der Waals surface area contributed by atoms with E-state index in [0.717, 1.165) is 14.0 Å². The lowest BCUT2D eigenvalue weighted by Gasteiger charge is -2.47. The molecule has 0 aromatic heterocycles. The van der Waals surface area contributed by atoms with Gasteiger partial charge >= 0.3 is 0 Å². The molecule has 0 amide bonds. The first-order valence-electron chi connectivity index (χ1n) is 9.71. The van der Waals surface area contributed by atoms with Gasteiger partial charge in [-0.25, -0.2) is 25.3 Å². The van der Waals surface area contributed by atoms with Crippen molar-refractivity contribution in [3.8, 4) is 0 Å². The topological polar surface area (TPSA) is 297 Å². The van der Waals surface area contributed by atoms with Gasteiger partial charge < -0.3 is 47.9 Å². The van der Waals surface area contributed by atoms with Gasteiger partial charge in [-0.05, 0) is 6.92 Å². The molecule has 214 valence electrons. The van der Waals surface area contributed by atoms with Crippen LogP contribution in [0, 0.1) is 0 Å². The van der Waals surface area contributed by atoms with Crippen LogP contribution in [0.3, 0.4) is 0 Å². The van der Waals surface area contributed by atoms with E-state index in [0.29, 0.717) is 0 Å². The zero-order valence-corrected chi connectivity index (χ0v) is 20.7. The smallest absolute Gasteiger partial charge is 0.218 e. The summed E-state index contributed by atoms with van der Waals surface area (Å²) in [6, 6.07) is 0. The predicted molar refractivity (Wildman–Crippen MR) is 103 cm³/mol. The summed E-state index contributed by atoms with van der Waals surface area (Å²) in [5.74, 6) is 0. The largest absolute Gasteiger partial charge is 0.726 e. The van der Waals surface area contributed by atoms with Crippen molar-refractivity contribution in [3.63, 3.8) is 0 Å². The minimum atomic E-state index is -5.42. The van der Waals surface area contributed by atoms with Gasteiger partial charge in [-0.15, -0.1) is 0 Å². The Kier molecular flexibility index (Phi) is 10.5. The molecule has 22 heteroatoms. The Morgan fingerprint density at radius 3 is 1.81 bits per heavy atom. The Morgan fingerprint density at radius 1 is 0.778 bits per heavy atom. The summed E-state index contributed by atoms with van der Waals surface area (Å²) in [7, 11) is -15.1. The van der Waals surface area contributed by atoms with Gasteiger partial charge in [-0.2, -0.15) is 0 Å². The van der Waals surface area contributed by atoms with Gasteiger partial charge in [0, 0.05) is 7.11 Å². The first kappa shape index (κ1) is 31.5. The number of rotatable bonds is 11. The highest BCUT2D eigenvalue weighted by Crippen LogP contribution is 2.32. The molecule has 0 spiro atoms. The SMILES string of the molecule is CO[C@@H]1C(O)[C@H](O[C@H]2C(COS(=O)(=O)[O-])O[C@H](C)C(OS(=O)(=O)[O-])[C@H]2O)OC(CO)[C@@H]1OS(=O)(=O)[O-]. The Bertz CT molecular complexity index is 1040. The van der Waals surface area contributed by atoms with Crippen LogP contribution >= 0.6 is 0 Å². The Hall–Kier alpha value is -0.670. The molecular formula is C14H23O19S3-3. The van der Waals surface area contributed by atoms with E-state index in [1.54, 1.807) is 0 Å². The maximum atomic E-state index is 11.1. The molecule has 0 aromatic rings. The molecule has 0 bridgehead atoms. The van der Waals surface area contributed by atoms with E-state index in [2.05, 4.69) is 12.5 Å². The van der Waals surface area contributed by atoms with Gasteiger partial charge in [0.1, 0.15) is 48.8 Å². The second-order valence-electron chi connectivity index (χ2n) is 7.52. The highest BCUT2D eigenvalue weighted by molar-refractivity contribution is 7.81. The Morgan fingerprint density at radius 2 is 1.33 bits per heavy atom. The van der Waals surface area contributed by atoms with Crippen molar-refractivity contribution in [1.82, 2.24) is 0 Å². The van der Waals surface area contributed by atoms with Crippen LogP contribution < -0.4 is 0 Å². The van der Waals surface area contributed by atoms with Crippen LogP contribution in [0.15, 0.2) is 0 Å². The summed E-state index contributed by atoms with van der Waals surface area (Å²) in [5.41, 5.74) is 0. The van der Waals surface area contributed by atoms with Gasteiger partial charge in [-0.1, -0.05) is 0 Å². The zero-order valence-electron chi connectivity index (χ0n) is 18.3. The maximum absolute atomic E-state index is 11.1. The molecule has 10 atom stereocenters. The molecular weight excluding hydrogens is 568 g/mol. The number of aliphatic hydroxyl groups is 3. The third kappa shape index (κ3) is 8.69. The molecule has 2 fully saturated rings. The van der Waals surface area contributed by atoms with Crippen molar-refractivity contribution < 1.29 is 85.7 Å². The second-order valence-corrected chi connectivity index (χ2v) is 10.6. The van der Waals surface area contributed by atoms with Gasteiger partial charge in [0.05, 0.1) is 19.3 Å². The molecule has 3 N–H and O–H groups in total. The average Bonchev–Trinajstić information content (AvgIpc) is 2.71. The lowest BCUT2D eigenvalue weighted by atomic mass is 9.95. The van der Waals surface area contributed by atoms with Crippen LogP contribution in [0.1, 0.15) is 6.92 Å². The van der Waals surface area contributed by atoms with E-state index >= 15 is 0 Å². The number of ether oxygens (including phenoxy) is 4. The van der Waals surface area contributed by atoms with E-state index < -0.39 is 106 Å². The maximum Gasteiger partial charge on any atom is 0.218 e. The van der Waals surface area contributed by atoms with Gasteiger partial charge in [0.25, 0.3) is 0 Å². The Balaban J connectivity index is 2.36. The lowest BCUT2D eigenvalue weighted by Crippen LogP contribution is -2.65. The molecule has 0 saturated carbocycles. The standard InChI is InChI=1S/C14H26O19S3/c1-5-10(32-35(21,22)23)8(16)11(7(29-5)4-28-34(18,19)20)31-14-9(17)13(27-2)12(6(3-15)30-14)33-36(24,25)26/h5-17H,3-4H2,1-2H3,(H,18,19,20)(H,21,22,23)(H,24,25,26)/p-3/t5-,6?,7?,8-,9?,10?,11+,12+,13-,14+/m1/s1. The van der Waals surface area contributed by atoms with Crippen molar-refractivity contribution in [2.75, 3.05) is 20.3 Å². The first-order chi connectivity index (χ1) is 16.4. The van der Waals surface area contributed by atoms with E-state index in [1.165, 1.54) is 0 Å². The minimum absolute atomic E-state index is 0.956. The summed E-state index contributed by atoms with van der Waals surface area (Å²) in [6.45, 7) is -1.00. The fourth-order valence-electron chi connectivity index (χ4n) is 3.67. The summed E-state index contributed by atoms with van der Waals surface area (Å²) >= 11 is 0.